The molecule has 3 heteroatoms. The highest BCUT2D eigenvalue weighted by Crippen LogP contribution is 2.01. The molecular formula is C10H20N2O. The molecule has 0 aromatic carbocycles. The van der Waals surface area contributed by atoms with Gasteiger partial charge in [-0.15, -0.1) is 0 Å². The number of rotatable bonds is 3. The fraction of sp³-hybridized carbons (Fsp3) is 0.700. The zero-order valence-electron chi connectivity index (χ0n) is 9.27. The summed E-state index contributed by atoms with van der Waals surface area (Å²) in [4.78, 5) is 13.4. The lowest BCUT2D eigenvalue weighted by Gasteiger charge is -2.22. The van der Waals surface area contributed by atoms with Crippen LogP contribution in [0.15, 0.2) is 12.2 Å². The Balaban J connectivity index is 4.06. The first-order valence-corrected chi connectivity index (χ1v) is 4.37. The van der Waals surface area contributed by atoms with Crippen LogP contribution in [-0.2, 0) is 4.79 Å². The summed E-state index contributed by atoms with van der Waals surface area (Å²) in [6.07, 6.45) is 0. The van der Waals surface area contributed by atoms with Gasteiger partial charge < -0.3 is 10.2 Å². The maximum Gasteiger partial charge on any atom is 0.248 e. The van der Waals surface area contributed by atoms with E-state index < -0.39 is 0 Å². The van der Waals surface area contributed by atoms with E-state index in [1.54, 1.807) is 0 Å². The molecule has 76 valence electrons. The number of carbonyl (C=O) groups is 1. The van der Waals surface area contributed by atoms with Gasteiger partial charge in [-0.3, -0.25) is 4.79 Å². The Hall–Kier alpha value is -0.830. The topological polar surface area (TPSA) is 32.3 Å². The van der Waals surface area contributed by atoms with Crippen molar-refractivity contribution in [1.82, 2.24) is 10.2 Å². The van der Waals surface area contributed by atoms with Crippen LogP contribution in [0.2, 0.25) is 0 Å². The smallest absolute Gasteiger partial charge is 0.248 e. The molecule has 0 radical (unpaired) electrons. The molecule has 0 fully saturated rings. The van der Waals surface area contributed by atoms with Gasteiger partial charge in [0, 0.05) is 17.7 Å². The number of hydrogen-bond donors (Lipinski definition) is 1. The molecule has 0 atom stereocenters. The minimum Gasteiger partial charge on any atom is -0.348 e. The molecule has 0 aliphatic heterocycles. The first-order chi connectivity index (χ1) is 5.72. The van der Waals surface area contributed by atoms with Crippen LogP contribution in [0.5, 0.6) is 0 Å². The van der Waals surface area contributed by atoms with Crippen LogP contribution in [0.4, 0.5) is 0 Å². The van der Waals surface area contributed by atoms with E-state index >= 15 is 0 Å². The number of nitrogens with zero attached hydrogens (tertiary/aromatic N) is 1. The second-order valence-corrected chi connectivity index (χ2v) is 4.55. The van der Waals surface area contributed by atoms with E-state index in [4.69, 9.17) is 0 Å². The van der Waals surface area contributed by atoms with Crippen LogP contribution in [0.3, 0.4) is 0 Å². The molecule has 3 nitrogen and oxygen atoms in total. The van der Waals surface area contributed by atoms with Crippen LogP contribution in [-0.4, -0.2) is 37.0 Å². The monoisotopic (exact) mass is 184 g/mol. The van der Waals surface area contributed by atoms with Crippen LogP contribution < -0.4 is 5.32 Å². The highest BCUT2D eigenvalue weighted by atomic mass is 16.1. The lowest BCUT2D eigenvalue weighted by Crippen LogP contribution is -2.42. The molecule has 0 saturated carbocycles. The summed E-state index contributed by atoms with van der Waals surface area (Å²) >= 11 is 0. The quantitative estimate of drug-likeness (QED) is 0.664. The summed E-state index contributed by atoms with van der Waals surface area (Å²) in [5, 5.41) is 2.86. The second-order valence-electron chi connectivity index (χ2n) is 4.55. The Morgan fingerprint density at radius 3 is 2.15 bits per heavy atom. The van der Waals surface area contributed by atoms with Crippen molar-refractivity contribution in [3.63, 3.8) is 0 Å². The van der Waals surface area contributed by atoms with Crippen molar-refractivity contribution in [2.75, 3.05) is 20.6 Å². The number of hydrogen-bond acceptors (Lipinski definition) is 2. The van der Waals surface area contributed by atoms with Crippen LogP contribution in [0, 0.1) is 0 Å². The molecule has 0 rings (SSSR count). The van der Waals surface area contributed by atoms with Gasteiger partial charge in [-0.2, -0.15) is 0 Å². The summed E-state index contributed by atoms with van der Waals surface area (Å²) < 4.78 is 0. The van der Waals surface area contributed by atoms with E-state index in [1.165, 1.54) is 0 Å². The van der Waals surface area contributed by atoms with E-state index in [0.717, 1.165) is 0 Å². The van der Waals surface area contributed by atoms with Crippen molar-refractivity contribution in [2.24, 2.45) is 0 Å². The summed E-state index contributed by atoms with van der Waals surface area (Å²) in [7, 11) is 3.82. The first-order valence-electron chi connectivity index (χ1n) is 4.37. The summed E-state index contributed by atoms with van der Waals surface area (Å²) in [6.45, 7) is 10.2. The minimum atomic E-state index is -0.188. The highest BCUT2D eigenvalue weighted by molar-refractivity contribution is 5.93. The highest BCUT2D eigenvalue weighted by Gasteiger charge is 2.15. The van der Waals surface area contributed by atoms with Gasteiger partial charge in [0.25, 0.3) is 0 Å². The van der Waals surface area contributed by atoms with Crippen molar-refractivity contribution in [3.05, 3.63) is 12.2 Å². The Morgan fingerprint density at radius 2 is 1.85 bits per heavy atom. The van der Waals surface area contributed by atoms with E-state index in [0.29, 0.717) is 12.1 Å². The van der Waals surface area contributed by atoms with Gasteiger partial charge in [-0.05, 0) is 34.9 Å². The van der Waals surface area contributed by atoms with Crippen LogP contribution >= 0.6 is 0 Å². The first kappa shape index (κ1) is 12.2. The number of nitrogens with one attached hydrogen (secondary N) is 1. The lowest BCUT2D eigenvalue weighted by molar-refractivity contribution is -0.119. The molecule has 1 N–H and O–H groups in total. The van der Waals surface area contributed by atoms with Gasteiger partial charge in [-0.1, -0.05) is 6.58 Å². The molecule has 0 saturated heterocycles. The predicted octanol–water partition coefficient (Wildman–Crippen LogP) is 1.02. The van der Waals surface area contributed by atoms with E-state index in [2.05, 4.69) is 11.9 Å². The van der Waals surface area contributed by atoms with Crippen molar-refractivity contribution < 1.29 is 4.79 Å². The summed E-state index contributed by atoms with van der Waals surface area (Å²) in [6, 6.07) is 0. The molecule has 0 aliphatic rings. The zero-order valence-corrected chi connectivity index (χ0v) is 9.27. The number of amides is 1. The normalized spacial score (nSPS) is 11.5. The Kier molecular flexibility index (Phi) is 4.14. The van der Waals surface area contributed by atoms with E-state index in [9.17, 15) is 4.79 Å². The van der Waals surface area contributed by atoms with Gasteiger partial charge in [0.05, 0.1) is 0 Å². The van der Waals surface area contributed by atoms with Crippen molar-refractivity contribution in [1.29, 1.82) is 0 Å². The molecule has 13 heavy (non-hydrogen) atoms. The van der Waals surface area contributed by atoms with Gasteiger partial charge in [0.1, 0.15) is 0 Å². The summed E-state index contributed by atoms with van der Waals surface area (Å²) in [5.74, 6) is -0.0683. The lowest BCUT2D eigenvalue weighted by atomic mass is 10.1. The minimum absolute atomic E-state index is 0.0683. The molecule has 0 bridgehead atoms. The fourth-order valence-corrected chi connectivity index (χ4v) is 0.883. The maximum atomic E-state index is 11.5. The van der Waals surface area contributed by atoms with E-state index in [-0.39, 0.29) is 11.4 Å². The Bertz CT molecular complexity index is 201. The molecule has 0 unspecified atom stereocenters. The van der Waals surface area contributed by atoms with Crippen molar-refractivity contribution in [3.8, 4) is 0 Å². The molecule has 1 amide bonds. The standard InChI is InChI=1S/C10H20N2O/c1-8(7-12(5)6)9(13)11-10(2,3)4/h1,7H2,2-6H3,(H,11,13). The zero-order chi connectivity index (χ0) is 10.6. The van der Waals surface area contributed by atoms with Crippen molar-refractivity contribution in [2.45, 2.75) is 26.3 Å². The fourth-order valence-electron chi connectivity index (χ4n) is 0.883. The third-order valence-corrected chi connectivity index (χ3v) is 1.32. The van der Waals surface area contributed by atoms with Gasteiger partial charge in [0.2, 0.25) is 5.91 Å². The predicted molar refractivity (Wildman–Crippen MR) is 55.6 cm³/mol. The largest absolute Gasteiger partial charge is 0.348 e. The molecule has 0 aromatic rings. The van der Waals surface area contributed by atoms with Gasteiger partial charge >= 0.3 is 0 Å². The molecule has 0 aromatic heterocycles. The Labute approximate surface area is 80.8 Å². The summed E-state index contributed by atoms with van der Waals surface area (Å²) in [5.41, 5.74) is 0.409. The van der Waals surface area contributed by atoms with Crippen molar-refractivity contribution >= 4 is 5.91 Å². The van der Waals surface area contributed by atoms with Gasteiger partial charge in [0.15, 0.2) is 0 Å². The number of likely N-dealkylation sites (N-methyl/N-ethyl adjacent to an activating group) is 1. The average Bonchev–Trinajstić information content (AvgIpc) is 1.81. The molecule has 0 heterocycles. The van der Waals surface area contributed by atoms with Gasteiger partial charge in [-0.25, -0.2) is 0 Å². The molecular weight excluding hydrogens is 164 g/mol. The third kappa shape index (κ3) is 6.34. The second kappa shape index (κ2) is 4.42. The SMILES string of the molecule is C=C(CN(C)C)C(=O)NC(C)(C)C. The van der Waals surface area contributed by atoms with E-state index in [1.807, 2.05) is 39.8 Å². The third-order valence-electron chi connectivity index (χ3n) is 1.32. The number of carbonyl (C=O) groups excluding carboxylic acids is 1. The maximum absolute atomic E-state index is 11.5. The van der Waals surface area contributed by atoms with Crippen LogP contribution in [0.1, 0.15) is 20.8 Å². The average molecular weight is 184 g/mol. The van der Waals surface area contributed by atoms with Crippen LogP contribution in [0.25, 0.3) is 0 Å². The molecule has 0 spiro atoms. The molecule has 0 aliphatic carbocycles. The Morgan fingerprint density at radius 1 is 1.38 bits per heavy atom.